The molecule has 3 heteroatoms. The van der Waals surface area contributed by atoms with Gasteiger partial charge >= 0.3 is 0 Å². The zero-order chi connectivity index (χ0) is 7.40. The standard InChI is InChI=1S/C8H14N2.Co/c1-3-5-10-7-6-9(4-2)8-10;/h4,6-7H,2-3,5,8H2,1H3;. The smallest absolute Gasteiger partial charge is 0.0935 e. The molecule has 1 radical (unpaired) electrons. The van der Waals surface area contributed by atoms with Crippen LogP contribution in [0.5, 0.6) is 0 Å². The summed E-state index contributed by atoms with van der Waals surface area (Å²) in [6, 6.07) is 0. The van der Waals surface area contributed by atoms with Crippen molar-refractivity contribution in [2.24, 2.45) is 0 Å². The maximum absolute atomic E-state index is 3.69. The number of rotatable bonds is 3. The molecule has 0 bridgehead atoms. The third-order valence-corrected chi connectivity index (χ3v) is 1.56. The topological polar surface area (TPSA) is 6.48 Å². The van der Waals surface area contributed by atoms with Gasteiger partial charge in [-0.15, -0.1) is 0 Å². The van der Waals surface area contributed by atoms with E-state index in [-0.39, 0.29) is 16.8 Å². The van der Waals surface area contributed by atoms with Gasteiger partial charge in [-0.2, -0.15) is 0 Å². The van der Waals surface area contributed by atoms with E-state index in [0.29, 0.717) is 0 Å². The summed E-state index contributed by atoms with van der Waals surface area (Å²) in [6.07, 6.45) is 7.19. The molecular weight excluding hydrogens is 183 g/mol. The summed E-state index contributed by atoms with van der Waals surface area (Å²) in [7, 11) is 0. The van der Waals surface area contributed by atoms with Crippen LogP contribution in [0.15, 0.2) is 25.2 Å². The Morgan fingerprint density at radius 3 is 2.73 bits per heavy atom. The van der Waals surface area contributed by atoms with E-state index in [1.54, 1.807) is 0 Å². The van der Waals surface area contributed by atoms with Crippen molar-refractivity contribution in [2.75, 3.05) is 13.2 Å². The fraction of sp³-hybridized carbons (Fsp3) is 0.500. The van der Waals surface area contributed by atoms with Gasteiger partial charge in [0.2, 0.25) is 0 Å². The molecule has 1 aliphatic heterocycles. The summed E-state index contributed by atoms with van der Waals surface area (Å²) >= 11 is 0. The summed E-state index contributed by atoms with van der Waals surface area (Å²) < 4.78 is 0. The Balaban J connectivity index is 0.000001000. The van der Waals surface area contributed by atoms with Crippen molar-refractivity contribution in [3.8, 4) is 0 Å². The molecule has 2 nitrogen and oxygen atoms in total. The van der Waals surface area contributed by atoms with Crippen molar-refractivity contribution < 1.29 is 16.8 Å². The minimum Gasteiger partial charge on any atom is -0.358 e. The molecule has 0 aromatic carbocycles. The van der Waals surface area contributed by atoms with E-state index in [2.05, 4.69) is 29.5 Å². The zero-order valence-corrected chi connectivity index (χ0v) is 7.83. The first kappa shape index (κ1) is 10.6. The SMILES string of the molecule is C=CN1C=CN(CCC)C1.[Co]. The van der Waals surface area contributed by atoms with Gasteiger partial charge in [-0.05, 0) is 12.6 Å². The summed E-state index contributed by atoms with van der Waals surface area (Å²) in [5, 5.41) is 0. The predicted molar refractivity (Wildman–Crippen MR) is 43.0 cm³/mol. The van der Waals surface area contributed by atoms with E-state index >= 15 is 0 Å². The van der Waals surface area contributed by atoms with Gasteiger partial charge in [0.25, 0.3) is 0 Å². The number of hydrogen-bond donors (Lipinski definition) is 0. The quantitative estimate of drug-likeness (QED) is 0.677. The molecule has 0 aromatic heterocycles. The first-order valence-corrected chi connectivity index (χ1v) is 3.67. The molecule has 0 saturated heterocycles. The molecule has 0 fully saturated rings. The predicted octanol–water partition coefficient (Wildman–Crippen LogP) is 1.58. The average molecular weight is 197 g/mol. The van der Waals surface area contributed by atoms with Crippen LogP contribution in [0.3, 0.4) is 0 Å². The molecule has 0 N–H and O–H groups in total. The molecule has 1 aliphatic rings. The monoisotopic (exact) mass is 197 g/mol. The van der Waals surface area contributed by atoms with Crippen molar-refractivity contribution in [3.05, 3.63) is 25.2 Å². The van der Waals surface area contributed by atoms with Crippen LogP contribution in [0.25, 0.3) is 0 Å². The molecule has 0 aliphatic carbocycles. The first-order chi connectivity index (χ1) is 4.86. The summed E-state index contributed by atoms with van der Waals surface area (Å²) in [4.78, 5) is 4.33. The molecule has 65 valence electrons. The van der Waals surface area contributed by atoms with E-state index in [9.17, 15) is 0 Å². The Kier molecular flexibility index (Phi) is 5.07. The van der Waals surface area contributed by atoms with E-state index < -0.39 is 0 Å². The Morgan fingerprint density at radius 2 is 2.27 bits per heavy atom. The van der Waals surface area contributed by atoms with Crippen LogP contribution in [0.4, 0.5) is 0 Å². The van der Waals surface area contributed by atoms with Crippen LogP contribution in [0.1, 0.15) is 13.3 Å². The average Bonchev–Trinajstić information content (AvgIpc) is 2.37. The molecule has 0 spiro atoms. The molecule has 0 aromatic rings. The number of hydrogen-bond acceptors (Lipinski definition) is 2. The third kappa shape index (κ3) is 2.99. The summed E-state index contributed by atoms with van der Waals surface area (Å²) in [6.45, 7) is 7.98. The van der Waals surface area contributed by atoms with Crippen molar-refractivity contribution in [3.63, 3.8) is 0 Å². The van der Waals surface area contributed by atoms with Gasteiger partial charge in [-0.25, -0.2) is 0 Å². The molecule has 0 unspecified atom stereocenters. The van der Waals surface area contributed by atoms with Gasteiger partial charge in [-0.1, -0.05) is 13.5 Å². The molecular formula is C8H14CoN2. The van der Waals surface area contributed by atoms with Gasteiger partial charge in [0.1, 0.15) is 0 Å². The fourth-order valence-corrected chi connectivity index (χ4v) is 1.03. The van der Waals surface area contributed by atoms with Crippen LogP contribution in [0.2, 0.25) is 0 Å². The van der Waals surface area contributed by atoms with Crippen molar-refractivity contribution >= 4 is 0 Å². The fourth-order valence-electron chi connectivity index (χ4n) is 1.03. The minimum atomic E-state index is 0. The maximum atomic E-state index is 3.69. The van der Waals surface area contributed by atoms with Gasteiger partial charge in [0, 0.05) is 35.7 Å². The van der Waals surface area contributed by atoms with Crippen LogP contribution in [-0.2, 0) is 16.8 Å². The second kappa shape index (κ2) is 5.26. The Hall–Kier alpha value is -0.414. The normalized spacial score (nSPS) is 15.0. The molecule has 1 rings (SSSR count). The number of nitrogens with zero attached hydrogens (tertiary/aromatic N) is 2. The summed E-state index contributed by atoms with van der Waals surface area (Å²) in [5.41, 5.74) is 0. The molecule has 1 heterocycles. The van der Waals surface area contributed by atoms with Crippen molar-refractivity contribution in [1.29, 1.82) is 0 Å². The van der Waals surface area contributed by atoms with Crippen molar-refractivity contribution in [1.82, 2.24) is 9.80 Å². The molecule has 0 atom stereocenters. The third-order valence-electron chi connectivity index (χ3n) is 1.56. The van der Waals surface area contributed by atoms with Crippen LogP contribution in [0, 0.1) is 0 Å². The van der Waals surface area contributed by atoms with Crippen LogP contribution in [-0.4, -0.2) is 23.0 Å². The minimum absolute atomic E-state index is 0. The first-order valence-electron chi connectivity index (χ1n) is 3.67. The van der Waals surface area contributed by atoms with E-state index in [4.69, 9.17) is 0 Å². The van der Waals surface area contributed by atoms with Crippen LogP contribution < -0.4 is 0 Å². The Bertz CT molecular complexity index is 145. The van der Waals surface area contributed by atoms with E-state index in [1.807, 2.05) is 12.4 Å². The molecule has 11 heavy (non-hydrogen) atoms. The maximum Gasteiger partial charge on any atom is 0.0935 e. The summed E-state index contributed by atoms with van der Waals surface area (Å²) in [5.74, 6) is 0. The second-order valence-corrected chi connectivity index (χ2v) is 2.45. The zero-order valence-electron chi connectivity index (χ0n) is 6.79. The van der Waals surface area contributed by atoms with Gasteiger partial charge in [0.05, 0.1) is 6.67 Å². The van der Waals surface area contributed by atoms with Gasteiger partial charge in [-0.3, -0.25) is 0 Å². The van der Waals surface area contributed by atoms with Crippen molar-refractivity contribution in [2.45, 2.75) is 13.3 Å². The van der Waals surface area contributed by atoms with E-state index in [0.717, 1.165) is 13.2 Å². The van der Waals surface area contributed by atoms with Gasteiger partial charge in [0.15, 0.2) is 0 Å². The van der Waals surface area contributed by atoms with Crippen LogP contribution >= 0.6 is 0 Å². The van der Waals surface area contributed by atoms with Gasteiger partial charge < -0.3 is 9.80 Å². The largest absolute Gasteiger partial charge is 0.358 e. The Morgan fingerprint density at radius 1 is 1.55 bits per heavy atom. The van der Waals surface area contributed by atoms with E-state index in [1.165, 1.54) is 6.42 Å². The second-order valence-electron chi connectivity index (χ2n) is 2.45. The molecule has 0 saturated carbocycles. The molecule has 0 amide bonds. The Labute approximate surface area is 78.7 Å².